The fraction of sp³-hybridized carbons (Fsp3) is 0.433. The maximum atomic E-state index is 13.9. The lowest BCUT2D eigenvalue weighted by Crippen LogP contribution is -2.45. The van der Waals surface area contributed by atoms with Crippen LogP contribution < -0.4 is 4.90 Å². The van der Waals surface area contributed by atoms with Crippen molar-refractivity contribution in [3.8, 4) is 0 Å². The standard InChI is InChI=1S/C30H35N5O2/c1-21(36)34-16-15-25-13-14-26(35(25)18-22-7-3-2-4-8-22)20-33(19-24-9-5-6-10-29(24)34)30(37)28-17-27(31-32-28)23-11-12-23/h2-10,17,23,25-26H,11-16,18-20H2,1H3,(H,31,32)/t25-,26+/m0/s1. The van der Waals surface area contributed by atoms with Crippen LogP contribution in [-0.4, -0.2) is 57.0 Å². The summed E-state index contributed by atoms with van der Waals surface area (Å²) in [6.07, 6.45) is 5.34. The number of benzene rings is 2. The number of carbonyl (C=O) groups is 2. The summed E-state index contributed by atoms with van der Waals surface area (Å²) in [5.41, 5.74) is 4.73. The first-order valence-electron chi connectivity index (χ1n) is 13.6. The minimum Gasteiger partial charge on any atom is -0.331 e. The highest BCUT2D eigenvalue weighted by Gasteiger charge is 2.37. The second-order valence-corrected chi connectivity index (χ2v) is 10.8. The Morgan fingerprint density at radius 1 is 0.946 bits per heavy atom. The Kier molecular flexibility index (Phi) is 6.55. The van der Waals surface area contributed by atoms with Crippen molar-refractivity contribution >= 4 is 17.5 Å². The molecule has 2 atom stereocenters. The molecular weight excluding hydrogens is 462 g/mol. The Balaban J connectivity index is 1.36. The monoisotopic (exact) mass is 497 g/mol. The number of rotatable bonds is 4. The zero-order valence-corrected chi connectivity index (χ0v) is 21.5. The molecule has 37 heavy (non-hydrogen) atoms. The predicted molar refractivity (Wildman–Crippen MR) is 143 cm³/mol. The lowest BCUT2D eigenvalue weighted by molar-refractivity contribution is -0.116. The predicted octanol–water partition coefficient (Wildman–Crippen LogP) is 4.72. The minimum atomic E-state index is -0.0466. The van der Waals surface area contributed by atoms with Crippen molar-refractivity contribution < 1.29 is 9.59 Å². The Morgan fingerprint density at radius 3 is 2.49 bits per heavy atom. The lowest BCUT2D eigenvalue weighted by Gasteiger charge is -2.33. The summed E-state index contributed by atoms with van der Waals surface area (Å²) in [7, 11) is 0. The first-order valence-corrected chi connectivity index (χ1v) is 13.6. The van der Waals surface area contributed by atoms with E-state index in [2.05, 4.69) is 39.4 Å². The van der Waals surface area contributed by atoms with E-state index in [4.69, 9.17) is 0 Å². The van der Waals surface area contributed by atoms with Crippen LogP contribution in [0, 0.1) is 0 Å². The molecule has 3 aliphatic rings. The molecule has 1 aromatic heterocycles. The van der Waals surface area contributed by atoms with Crippen molar-refractivity contribution in [3.63, 3.8) is 0 Å². The maximum Gasteiger partial charge on any atom is 0.274 e. The Morgan fingerprint density at radius 2 is 1.70 bits per heavy atom. The number of hydrogen-bond acceptors (Lipinski definition) is 4. The van der Waals surface area contributed by atoms with Gasteiger partial charge in [0.15, 0.2) is 0 Å². The highest BCUT2D eigenvalue weighted by atomic mass is 16.2. The molecular formula is C30H35N5O2. The van der Waals surface area contributed by atoms with Gasteiger partial charge >= 0.3 is 0 Å². The maximum absolute atomic E-state index is 13.9. The molecule has 7 heteroatoms. The summed E-state index contributed by atoms with van der Waals surface area (Å²) in [5, 5.41) is 7.52. The second kappa shape index (κ2) is 10.1. The molecule has 0 radical (unpaired) electrons. The van der Waals surface area contributed by atoms with Crippen LogP contribution in [0.2, 0.25) is 0 Å². The normalized spacial score (nSPS) is 22.4. The summed E-state index contributed by atoms with van der Waals surface area (Å²) in [6.45, 7) is 4.25. The molecule has 3 aromatic rings. The van der Waals surface area contributed by atoms with E-state index in [9.17, 15) is 9.59 Å². The Labute approximate surface area is 218 Å². The molecule has 1 saturated carbocycles. The Hall–Kier alpha value is -3.45. The molecule has 2 amide bonds. The molecule has 1 saturated heterocycles. The van der Waals surface area contributed by atoms with E-state index >= 15 is 0 Å². The van der Waals surface area contributed by atoms with Crippen LogP contribution in [0.15, 0.2) is 60.7 Å². The van der Waals surface area contributed by atoms with Crippen molar-refractivity contribution in [2.45, 2.75) is 70.1 Å². The third-order valence-corrected chi connectivity index (χ3v) is 8.24. The van der Waals surface area contributed by atoms with Gasteiger partial charge in [-0.25, -0.2) is 0 Å². The highest BCUT2D eigenvalue weighted by Crippen LogP contribution is 2.39. The number of nitrogens with zero attached hydrogens (tertiary/aromatic N) is 4. The van der Waals surface area contributed by atoms with Crippen molar-refractivity contribution in [3.05, 3.63) is 83.2 Å². The van der Waals surface area contributed by atoms with Gasteiger partial charge in [0, 0.05) is 62.5 Å². The number of H-pyrrole nitrogens is 1. The molecule has 2 fully saturated rings. The largest absolute Gasteiger partial charge is 0.331 e. The average molecular weight is 498 g/mol. The minimum absolute atomic E-state index is 0.0371. The van der Waals surface area contributed by atoms with Crippen LogP contribution in [-0.2, 0) is 17.9 Å². The van der Waals surface area contributed by atoms with E-state index in [1.54, 1.807) is 6.92 Å². The second-order valence-electron chi connectivity index (χ2n) is 10.8. The molecule has 0 spiro atoms. The molecule has 3 heterocycles. The summed E-state index contributed by atoms with van der Waals surface area (Å²) in [5.74, 6) is 0.503. The zero-order chi connectivity index (χ0) is 25.4. The van der Waals surface area contributed by atoms with Gasteiger partial charge in [0.05, 0.1) is 0 Å². The number of carbonyl (C=O) groups excluding carboxylic acids is 2. The van der Waals surface area contributed by atoms with Crippen molar-refractivity contribution in [2.24, 2.45) is 0 Å². The number of amides is 2. The topological polar surface area (TPSA) is 72.5 Å². The van der Waals surface area contributed by atoms with Crippen molar-refractivity contribution in [2.75, 3.05) is 18.0 Å². The van der Waals surface area contributed by atoms with Gasteiger partial charge in [-0.05, 0) is 55.4 Å². The molecule has 2 aliphatic heterocycles. The Bertz CT molecular complexity index is 1270. The summed E-state index contributed by atoms with van der Waals surface area (Å²) >= 11 is 0. The molecule has 1 aliphatic carbocycles. The van der Waals surface area contributed by atoms with E-state index in [0.717, 1.165) is 55.6 Å². The van der Waals surface area contributed by atoms with Crippen LogP contribution in [0.25, 0.3) is 0 Å². The van der Waals surface area contributed by atoms with E-state index < -0.39 is 0 Å². The van der Waals surface area contributed by atoms with Gasteiger partial charge in [0.25, 0.3) is 5.91 Å². The fourth-order valence-corrected chi connectivity index (χ4v) is 6.10. The third kappa shape index (κ3) is 5.05. The van der Waals surface area contributed by atoms with Crippen molar-refractivity contribution in [1.29, 1.82) is 0 Å². The highest BCUT2D eigenvalue weighted by molar-refractivity contribution is 5.94. The molecule has 0 unspecified atom stereocenters. The van der Waals surface area contributed by atoms with Gasteiger partial charge in [-0.15, -0.1) is 0 Å². The smallest absolute Gasteiger partial charge is 0.274 e. The molecule has 7 nitrogen and oxygen atoms in total. The number of aromatic amines is 1. The molecule has 192 valence electrons. The summed E-state index contributed by atoms with van der Waals surface area (Å²) in [6, 6.07) is 21.2. The van der Waals surface area contributed by atoms with Gasteiger partial charge in [-0.2, -0.15) is 5.10 Å². The van der Waals surface area contributed by atoms with Crippen LogP contribution in [0.3, 0.4) is 0 Å². The van der Waals surface area contributed by atoms with Crippen molar-refractivity contribution in [1.82, 2.24) is 20.0 Å². The first-order chi connectivity index (χ1) is 18.1. The SMILES string of the molecule is CC(=O)N1CC[C@@H]2CC[C@H](CN(C(=O)c3cc(C4CC4)[nH]n3)Cc3ccccc31)N2Cc1ccccc1. The quantitative estimate of drug-likeness (QED) is 0.566. The van der Waals surface area contributed by atoms with E-state index in [1.807, 2.05) is 46.2 Å². The lowest BCUT2D eigenvalue weighted by atomic mass is 10.1. The summed E-state index contributed by atoms with van der Waals surface area (Å²) in [4.78, 5) is 33.2. The number of anilines is 1. The van der Waals surface area contributed by atoms with Gasteiger partial charge in [-0.3, -0.25) is 19.6 Å². The number of nitrogens with one attached hydrogen (secondary N) is 1. The van der Waals surface area contributed by atoms with Crippen LogP contribution in [0.1, 0.15) is 72.3 Å². The first kappa shape index (κ1) is 23.9. The van der Waals surface area contributed by atoms with Gasteiger partial charge < -0.3 is 9.80 Å². The average Bonchev–Trinajstić information content (AvgIpc) is 3.52. The molecule has 6 rings (SSSR count). The zero-order valence-electron chi connectivity index (χ0n) is 21.5. The molecule has 1 N–H and O–H groups in total. The number of para-hydroxylation sites is 1. The number of fused-ring (bicyclic) bond motifs is 3. The number of hydrogen-bond donors (Lipinski definition) is 1. The van der Waals surface area contributed by atoms with E-state index in [1.165, 1.54) is 5.56 Å². The van der Waals surface area contributed by atoms with Crippen LogP contribution >= 0.6 is 0 Å². The molecule has 2 aromatic carbocycles. The van der Waals surface area contributed by atoms with Crippen LogP contribution in [0.4, 0.5) is 5.69 Å². The van der Waals surface area contributed by atoms with Gasteiger partial charge in [-0.1, -0.05) is 48.5 Å². The van der Waals surface area contributed by atoms with E-state index in [0.29, 0.717) is 37.3 Å². The van der Waals surface area contributed by atoms with Gasteiger partial charge in [0.2, 0.25) is 5.91 Å². The fourth-order valence-electron chi connectivity index (χ4n) is 6.10. The van der Waals surface area contributed by atoms with Gasteiger partial charge in [0.1, 0.15) is 5.69 Å². The number of aromatic nitrogens is 2. The summed E-state index contributed by atoms with van der Waals surface area (Å²) < 4.78 is 0. The molecule has 2 bridgehead atoms. The van der Waals surface area contributed by atoms with Crippen LogP contribution in [0.5, 0.6) is 0 Å². The van der Waals surface area contributed by atoms with E-state index in [-0.39, 0.29) is 17.9 Å². The third-order valence-electron chi connectivity index (χ3n) is 8.24.